The van der Waals surface area contributed by atoms with Crippen molar-refractivity contribution in [2.45, 2.75) is 25.7 Å². The molecule has 0 rings (SSSR count). The van der Waals surface area contributed by atoms with E-state index in [0.717, 1.165) is 19.3 Å². The van der Waals surface area contributed by atoms with Crippen LogP contribution in [-0.4, -0.2) is 23.6 Å². The number of hydrogen-bond donors (Lipinski definition) is 1. The lowest BCUT2D eigenvalue weighted by atomic mass is 10.1. The van der Waals surface area contributed by atoms with E-state index >= 15 is 0 Å². The summed E-state index contributed by atoms with van der Waals surface area (Å²) in [7, 11) is 0. The molecule has 0 aliphatic heterocycles. The average molecular weight is 262 g/mol. The first-order valence-corrected chi connectivity index (χ1v) is 5.80. The van der Waals surface area contributed by atoms with Crippen LogP contribution >= 0.6 is 15.9 Å². The van der Waals surface area contributed by atoms with E-state index in [0.29, 0.717) is 18.3 Å². The van der Waals surface area contributed by atoms with E-state index in [1.54, 1.807) is 0 Å². The molecule has 3 nitrogen and oxygen atoms in total. The Kier molecular flexibility index (Phi) is 8.53. The molecule has 0 aliphatic rings. The summed E-state index contributed by atoms with van der Waals surface area (Å²) in [4.78, 5) is 21.6. The summed E-state index contributed by atoms with van der Waals surface area (Å²) in [5.74, 6) is 0.0988. The third-order valence-electron chi connectivity index (χ3n) is 1.77. The van der Waals surface area contributed by atoms with Gasteiger partial charge in [-0.2, -0.15) is 0 Å². The molecule has 0 aromatic rings. The highest BCUT2D eigenvalue weighted by Gasteiger charge is 1.98. The van der Waals surface area contributed by atoms with Gasteiger partial charge < -0.3 is 5.32 Å². The number of alkyl halides is 1. The zero-order valence-electron chi connectivity index (χ0n) is 8.22. The Labute approximate surface area is 93.1 Å². The Bertz CT molecular complexity index is 204. The first kappa shape index (κ1) is 13.4. The number of hydrogen-bond acceptors (Lipinski definition) is 2. The van der Waals surface area contributed by atoms with Crippen LogP contribution in [0.25, 0.3) is 0 Å². The second kappa shape index (κ2) is 8.94. The first-order chi connectivity index (χ1) is 6.70. The standard InChI is InChI=1S/C10H16BrNO2/c1-2-10(14)12-7-5-3-4-6-9(13)8-11/h2H,1,3-8H2,(H,12,14). The van der Waals surface area contributed by atoms with Gasteiger partial charge in [-0.3, -0.25) is 9.59 Å². The molecular weight excluding hydrogens is 246 g/mol. The van der Waals surface area contributed by atoms with Gasteiger partial charge in [0, 0.05) is 13.0 Å². The largest absolute Gasteiger partial charge is 0.353 e. The molecule has 80 valence electrons. The van der Waals surface area contributed by atoms with Crippen molar-refractivity contribution >= 4 is 27.6 Å². The molecule has 0 saturated heterocycles. The molecular formula is C10H16BrNO2. The number of halogens is 1. The van der Waals surface area contributed by atoms with Crippen LogP contribution in [0.5, 0.6) is 0 Å². The predicted molar refractivity (Wildman–Crippen MR) is 60.5 cm³/mol. The van der Waals surface area contributed by atoms with Crippen molar-refractivity contribution in [1.82, 2.24) is 5.32 Å². The maximum Gasteiger partial charge on any atom is 0.243 e. The molecule has 0 bridgehead atoms. The number of amides is 1. The highest BCUT2D eigenvalue weighted by atomic mass is 79.9. The highest BCUT2D eigenvalue weighted by Crippen LogP contribution is 2.01. The molecule has 0 aliphatic carbocycles. The van der Waals surface area contributed by atoms with E-state index in [9.17, 15) is 9.59 Å². The molecule has 4 heteroatoms. The van der Waals surface area contributed by atoms with Crippen molar-refractivity contribution in [3.05, 3.63) is 12.7 Å². The summed E-state index contributed by atoms with van der Waals surface area (Å²) < 4.78 is 0. The quantitative estimate of drug-likeness (QED) is 0.412. The molecule has 1 N–H and O–H groups in total. The van der Waals surface area contributed by atoms with Crippen molar-refractivity contribution in [1.29, 1.82) is 0 Å². The number of nitrogens with one attached hydrogen (secondary N) is 1. The number of carbonyl (C=O) groups is 2. The lowest BCUT2D eigenvalue weighted by molar-refractivity contribution is -0.117. The molecule has 1 amide bonds. The molecule has 14 heavy (non-hydrogen) atoms. The van der Waals surface area contributed by atoms with Crippen molar-refractivity contribution < 1.29 is 9.59 Å². The monoisotopic (exact) mass is 261 g/mol. The Hall–Kier alpha value is -0.640. The van der Waals surface area contributed by atoms with E-state index in [1.165, 1.54) is 6.08 Å². The molecule has 0 atom stereocenters. The van der Waals surface area contributed by atoms with Crippen LogP contribution < -0.4 is 5.32 Å². The second-order valence-electron chi connectivity index (χ2n) is 2.98. The van der Waals surface area contributed by atoms with Gasteiger partial charge in [-0.15, -0.1) is 0 Å². The van der Waals surface area contributed by atoms with E-state index in [4.69, 9.17) is 0 Å². The SMILES string of the molecule is C=CC(=O)NCCCCCC(=O)CBr. The zero-order chi connectivity index (χ0) is 10.8. The summed E-state index contributed by atoms with van der Waals surface area (Å²) in [5, 5.41) is 3.13. The molecule has 0 saturated carbocycles. The van der Waals surface area contributed by atoms with Gasteiger partial charge in [0.05, 0.1) is 5.33 Å². The van der Waals surface area contributed by atoms with Crippen LogP contribution in [0.1, 0.15) is 25.7 Å². The minimum absolute atomic E-state index is 0.137. The smallest absolute Gasteiger partial charge is 0.243 e. The predicted octanol–water partition coefficient (Wildman–Crippen LogP) is 1.81. The van der Waals surface area contributed by atoms with Crippen molar-refractivity contribution in [2.24, 2.45) is 0 Å². The van der Waals surface area contributed by atoms with E-state index in [1.807, 2.05) is 0 Å². The summed E-state index contributed by atoms with van der Waals surface area (Å²) in [6.45, 7) is 4.01. The molecule has 0 fully saturated rings. The van der Waals surface area contributed by atoms with E-state index in [2.05, 4.69) is 27.8 Å². The molecule has 0 spiro atoms. The van der Waals surface area contributed by atoms with E-state index in [-0.39, 0.29) is 11.7 Å². The molecule has 0 radical (unpaired) electrons. The van der Waals surface area contributed by atoms with Gasteiger partial charge >= 0.3 is 0 Å². The van der Waals surface area contributed by atoms with Gasteiger partial charge in [-0.25, -0.2) is 0 Å². The molecule has 0 aromatic carbocycles. The molecule has 0 heterocycles. The summed E-state index contributed by atoms with van der Waals surface area (Å²) in [6, 6.07) is 0. The van der Waals surface area contributed by atoms with Crippen LogP contribution in [0, 0.1) is 0 Å². The fourth-order valence-electron chi connectivity index (χ4n) is 0.975. The minimum atomic E-state index is -0.137. The normalized spacial score (nSPS) is 9.50. The lowest BCUT2D eigenvalue weighted by Crippen LogP contribution is -2.21. The van der Waals surface area contributed by atoms with Crippen LogP contribution in [0.4, 0.5) is 0 Å². The van der Waals surface area contributed by atoms with Gasteiger partial charge in [0.15, 0.2) is 0 Å². The number of ketones is 1. The third-order valence-corrected chi connectivity index (χ3v) is 2.39. The molecule has 0 unspecified atom stereocenters. The summed E-state index contributed by atoms with van der Waals surface area (Å²) in [6.07, 6.45) is 4.66. The van der Waals surface area contributed by atoms with Gasteiger partial charge in [-0.05, 0) is 18.9 Å². The maximum atomic E-state index is 10.9. The molecule has 0 aromatic heterocycles. The van der Waals surface area contributed by atoms with Crippen molar-refractivity contribution in [2.75, 3.05) is 11.9 Å². The minimum Gasteiger partial charge on any atom is -0.353 e. The van der Waals surface area contributed by atoms with Gasteiger partial charge in [0.25, 0.3) is 0 Å². The van der Waals surface area contributed by atoms with Gasteiger partial charge in [0.2, 0.25) is 5.91 Å². The summed E-state index contributed by atoms with van der Waals surface area (Å²) >= 11 is 3.11. The highest BCUT2D eigenvalue weighted by molar-refractivity contribution is 9.09. The Morgan fingerprint density at radius 3 is 2.57 bits per heavy atom. The maximum absolute atomic E-state index is 10.9. The third kappa shape index (κ3) is 7.98. The van der Waals surface area contributed by atoms with Gasteiger partial charge in [-0.1, -0.05) is 28.9 Å². The van der Waals surface area contributed by atoms with Crippen LogP contribution in [-0.2, 0) is 9.59 Å². The number of Topliss-reactive ketones (excluding diaryl/α,β-unsaturated/α-hetero) is 1. The number of carbonyl (C=O) groups excluding carboxylic acids is 2. The lowest BCUT2D eigenvalue weighted by Gasteiger charge is -2.01. The second-order valence-corrected chi connectivity index (χ2v) is 3.54. The Balaban J connectivity index is 3.18. The number of rotatable bonds is 8. The first-order valence-electron chi connectivity index (χ1n) is 4.68. The Morgan fingerprint density at radius 2 is 2.00 bits per heavy atom. The van der Waals surface area contributed by atoms with Gasteiger partial charge in [0.1, 0.15) is 5.78 Å². The average Bonchev–Trinajstić information content (AvgIpc) is 2.22. The topological polar surface area (TPSA) is 46.2 Å². The van der Waals surface area contributed by atoms with E-state index < -0.39 is 0 Å². The summed E-state index contributed by atoms with van der Waals surface area (Å²) in [5.41, 5.74) is 0. The van der Waals surface area contributed by atoms with Crippen LogP contribution in [0.15, 0.2) is 12.7 Å². The fraction of sp³-hybridized carbons (Fsp3) is 0.600. The fourth-order valence-corrected chi connectivity index (χ4v) is 1.25. The zero-order valence-corrected chi connectivity index (χ0v) is 9.81. The van der Waals surface area contributed by atoms with Crippen molar-refractivity contribution in [3.63, 3.8) is 0 Å². The van der Waals surface area contributed by atoms with Crippen LogP contribution in [0.3, 0.4) is 0 Å². The number of unbranched alkanes of at least 4 members (excludes halogenated alkanes) is 2. The van der Waals surface area contributed by atoms with Crippen LogP contribution in [0.2, 0.25) is 0 Å². The Morgan fingerprint density at radius 1 is 1.29 bits per heavy atom. The van der Waals surface area contributed by atoms with Crippen molar-refractivity contribution in [3.8, 4) is 0 Å².